The summed E-state index contributed by atoms with van der Waals surface area (Å²) < 4.78 is 10.3. The lowest BCUT2D eigenvalue weighted by molar-refractivity contribution is -0.133. The highest BCUT2D eigenvalue weighted by Crippen LogP contribution is 2.39. The number of ether oxygens (including phenoxy) is 1. The zero-order valence-electron chi connectivity index (χ0n) is 12.9. The lowest BCUT2D eigenvalue weighted by Crippen LogP contribution is -2.54. The quantitative estimate of drug-likeness (QED) is 0.846. The average Bonchev–Trinajstić information content (AvgIpc) is 3.16. The van der Waals surface area contributed by atoms with Crippen molar-refractivity contribution in [1.29, 1.82) is 0 Å². The van der Waals surface area contributed by atoms with Gasteiger partial charge in [0.15, 0.2) is 5.76 Å². The molecular weight excluding hydrogens is 284 g/mol. The van der Waals surface area contributed by atoms with E-state index in [9.17, 15) is 9.59 Å². The smallest absolute Gasteiger partial charge is 0.289 e. The molecule has 0 N–H and O–H groups in total. The topological polar surface area (TPSA) is 63.0 Å². The van der Waals surface area contributed by atoms with Gasteiger partial charge in [0.05, 0.1) is 12.9 Å². The van der Waals surface area contributed by atoms with Gasteiger partial charge in [-0.05, 0) is 31.4 Å². The third-order valence-corrected chi connectivity index (χ3v) is 4.91. The van der Waals surface area contributed by atoms with E-state index in [0.717, 1.165) is 19.3 Å². The SMILES string of the molecule is COCCN1C(=O)CCC12CCN(C(=O)c1ccco1)CC2. The second-order valence-corrected chi connectivity index (χ2v) is 6.03. The van der Waals surface area contributed by atoms with Crippen LogP contribution in [-0.4, -0.2) is 60.5 Å². The van der Waals surface area contributed by atoms with Crippen LogP contribution in [0, 0.1) is 0 Å². The molecule has 0 unspecified atom stereocenters. The Balaban J connectivity index is 1.65. The van der Waals surface area contributed by atoms with Crippen molar-refractivity contribution in [3.05, 3.63) is 24.2 Å². The number of piperidine rings is 1. The van der Waals surface area contributed by atoms with Crippen molar-refractivity contribution in [3.8, 4) is 0 Å². The van der Waals surface area contributed by atoms with E-state index in [0.29, 0.717) is 38.4 Å². The van der Waals surface area contributed by atoms with E-state index in [1.54, 1.807) is 19.2 Å². The highest BCUT2D eigenvalue weighted by atomic mass is 16.5. The monoisotopic (exact) mass is 306 g/mol. The van der Waals surface area contributed by atoms with Crippen molar-refractivity contribution >= 4 is 11.8 Å². The van der Waals surface area contributed by atoms with Gasteiger partial charge >= 0.3 is 0 Å². The van der Waals surface area contributed by atoms with Crippen LogP contribution in [0.2, 0.25) is 0 Å². The van der Waals surface area contributed by atoms with E-state index >= 15 is 0 Å². The molecule has 2 saturated heterocycles. The molecule has 2 fully saturated rings. The van der Waals surface area contributed by atoms with Crippen LogP contribution in [0.5, 0.6) is 0 Å². The Kier molecular flexibility index (Phi) is 4.20. The molecule has 1 aromatic heterocycles. The molecule has 1 aromatic rings. The third-order valence-electron chi connectivity index (χ3n) is 4.91. The molecule has 0 saturated carbocycles. The summed E-state index contributed by atoms with van der Waals surface area (Å²) in [6.45, 7) is 2.52. The summed E-state index contributed by atoms with van der Waals surface area (Å²) in [5.74, 6) is 0.533. The molecule has 0 atom stereocenters. The predicted octanol–water partition coefficient (Wildman–Crippen LogP) is 1.52. The van der Waals surface area contributed by atoms with Crippen LogP contribution in [0.25, 0.3) is 0 Å². The van der Waals surface area contributed by atoms with Crippen LogP contribution in [0.3, 0.4) is 0 Å². The molecule has 0 radical (unpaired) electrons. The maximum Gasteiger partial charge on any atom is 0.289 e. The average molecular weight is 306 g/mol. The molecule has 0 aromatic carbocycles. The molecule has 6 heteroatoms. The minimum Gasteiger partial charge on any atom is -0.459 e. The van der Waals surface area contributed by atoms with Gasteiger partial charge in [0.25, 0.3) is 5.91 Å². The van der Waals surface area contributed by atoms with E-state index in [-0.39, 0.29) is 17.4 Å². The maximum atomic E-state index is 12.3. The van der Waals surface area contributed by atoms with Crippen molar-refractivity contribution in [2.45, 2.75) is 31.2 Å². The summed E-state index contributed by atoms with van der Waals surface area (Å²) >= 11 is 0. The van der Waals surface area contributed by atoms with E-state index in [4.69, 9.17) is 9.15 Å². The van der Waals surface area contributed by atoms with E-state index in [1.807, 2.05) is 9.80 Å². The van der Waals surface area contributed by atoms with Gasteiger partial charge in [-0.3, -0.25) is 9.59 Å². The van der Waals surface area contributed by atoms with Crippen molar-refractivity contribution in [3.63, 3.8) is 0 Å². The minimum absolute atomic E-state index is 0.0624. The Bertz CT molecular complexity index is 532. The highest BCUT2D eigenvalue weighted by Gasteiger charge is 2.47. The van der Waals surface area contributed by atoms with Crippen LogP contribution in [-0.2, 0) is 9.53 Å². The van der Waals surface area contributed by atoms with Gasteiger partial charge in [-0.1, -0.05) is 0 Å². The number of methoxy groups -OCH3 is 1. The summed E-state index contributed by atoms with van der Waals surface area (Å²) in [7, 11) is 1.65. The number of rotatable bonds is 4. The number of carbonyl (C=O) groups is 2. The Hall–Kier alpha value is -1.82. The lowest BCUT2D eigenvalue weighted by atomic mass is 9.85. The molecule has 6 nitrogen and oxygen atoms in total. The van der Waals surface area contributed by atoms with Crippen LogP contribution in [0.1, 0.15) is 36.2 Å². The second kappa shape index (κ2) is 6.12. The van der Waals surface area contributed by atoms with Crippen LogP contribution < -0.4 is 0 Å². The zero-order valence-corrected chi connectivity index (χ0v) is 12.9. The first kappa shape index (κ1) is 15.1. The first-order chi connectivity index (χ1) is 10.7. The molecule has 2 aliphatic rings. The maximum absolute atomic E-state index is 12.3. The standard InChI is InChI=1S/C16H22N2O4/c1-21-12-10-18-14(19)4-5-16(18)6-8-17(9-7-16)15(20)13-3-2-11-22-13/h2-3,11H,4-10,12H2,1H3. The number of likely N-dealkylation sites (tertiary alicyclic amines) is 2. The van der Waals surface area contributed by atoms with Crippen molar-refractivity contribution in [2.24, 2.45) is 0 Å². The third kappa shape index (κ3) is 2.63. The fourth-order valence-electron chi connectivity index (χ4n) is 3.62. The number of carbonyl (C=O) groups excluding carboxylic acids is 2. The van der Waals surface area contributed by atoms with Gasteiger partial charge in [-0.2, -0.15) is 0 Å². The summed E-state index contributed by atoms with van der Waals surface area (Å²) in [6, 6.07) is 3.41. The molecule has 0 bridgehead atoms. The Morgan fingerprint density at radius 3 is 2.77 bits per heavy atom. The lowest BCUT2D eigenvalue weighted by Gasteiger charge is -2.44. The highest BCUT2D eigenvalue weighted by molar-refractivity contribution is 5.91. The van der Waals surface area contributed by atoms with E-state index in [2.05, 4.69) is 0 Å². The summed E-state index contributed by atoms with van der Waals surface area (Å²) in [4.78, 5) is 28.2. The fraction of sp³-hybridized carbons (Fsp3) is 0.625. The van der Waals surface area contributed by atoms with Crippen molar-refractivity contribution in [2.75, 3.05) is 33.4 Å². The minimum atomic E-state index is -0.0877. The zero-order chi connectivity index (χ0) is 15.6. The molecule has 3 heterocycles. The van der Waals surface area contributed by atoms with Crippen LogP contribution >= 0.6 is 0 Å². The first-order valence-electron chi connectivity index (χ1n) is 7.78. The first-order valence-corrected chi connectivity index (χ1v) is 7.78. The summed E-state index contributed by atoms with van der Waals surface area (Å²) in [5.41, 5.74) is -0.0877. The van der Waals surface area contributed by atoms with Crippen LogP contribution in [0.4, 0.5) is 0 Å². The number of amides is 2. The Morgan fingerprint density at radius 1 is 1.36 bits per heavy atom. The molecule has 2 aliphatic heterocycles. The van der Waals surface area contributed by atoms with Crippen molar-refractivity contribution < 1.29 is 18.7 Å². The molecule has 3 rings (SSSR count). The largest absolute Gasteiger partial charge is 0.459 e. The van der Waals surface area contributed by atoms with Gasteiger partial charge in [0.2, 0.25) is 5.91 Å². The number of furan rings is 1. The molecule has 0 aliphatic carbocycles. The number of nitrogens with zero attached hydrogens (tertiary/aromatic N) is 2. The Labute approximate surface area is 130 Å². The summed E-state index contributed by atoms with van der Waals surface area (Å²) in [6.07, 6.45) is 4.67. The van der Waals surface area contributed by atoms with Crippen molar-refractivity contribution in [1.82, 2.24) is 9.80 Å². The van der Waals surface area contributed by atoms with Crippen LogP contribution in [0.15, 0.2) is 22.8 Å². The van der Waals surface area contributed by atoms with E-state index in [1.165, 1.54) is 6.26 Å². The van der Waals surface area contributed by atoms with Gasteiger partial charge in [0.1, 0.15) is 0 Å². The van der Waals surface area contributed by atoms with Gasteiger partial charge < -0.3 is 19.0 Å². The molecule has 1 spiro atoms. The fourth-order valence-corrected chi connectivity index (χ4v) is 3.62. The van der Waals surface area contributed by atoms with Gasteiger partial charge in [0, 0.05) is 38.7 Å². The second-order valence-electron chi connectivity index (χ2n) is 6.03. The van der Waals surface area contributed by atoms with E-state index < -0.39 is 0 Å². The molecular formula is C16H22N2O4. The molecule has 2 amide bonds. The van der Waals surface area contributed by atoms with Gasteiger partial charge in [-0.25, -0.2) is 0 Å². The predicted molar refractivity (Wildman–Crippen MR) is 79.4 cm³/mol. The molecule has 120 valence electrons. The number of hydrogen-bond donors (Lipinski definition) is 0. The summed E-state index contributed by atoms with van der Waals surface area (Å²) in [5, 5.41) is 0. The van der Waals surface area contributed by atoms with Gasteiger partial charge in [-0.15, -0.1) is 0 Å². The molecule has 22 heavy (non-hydrogen) atoms. The Morgan fingerprint density at radius 2 is 2.14 bits per heavy atom. The number of hydrogen-bond acceptors (Lipinski definition) is 4. The normalized spacial score (nSPS) is 20.9.